The Hall–Kier alpha value is -0.0200. The van der Waals surface area contributed by atoms with Gasteiger partial charge in [-0.05, 0) is 25.3 Å². The van der Waals surface area contributed by atoms with Crippen molar-refractivity contribution in [3.8, 4) is 0 Å². The molecule has 2 unspecified atom stereocenters. The number of hydrogen-bond acceptors (Lipinski definition) is 4. The first-order valence-corrected chi connectivity index (χ1v) is 8.27. The summed E-state index contributed by atoms with van der Waals surface area (Å²) in [5.74, 6) is 0.745. The van der Waals surface area contributed by atoms with Crippen LogP contribution < -0.4 is 5.32 Å². The van der Waals surface area contributed by atoms with Gasteiger partial charge in [0.1, 0.15) is 13.2 Å². The van der Waals surface area contributed by atoms with Crippen LogP contribution in [0.25, 0.3) is 0 Å². The lowest BCUT2D eigenvalue weighted by atomic mass is 9.99. The van der Waals surface area contributed by atoms with Crippen molar-refractivity contribution in [1.82, 2.24) is 5.32 Å². The van der Waals surface area contributed by atoms with Gasteiger partial charge in [-0.2, -0.15) is 0 Å². The SMILES string of the molecule is CCCCC(CC)CNCCO[P+](=O)OCCC. The summed E-state index contributed by atoms with van der Waals surface area (Å²) in [5, 5.41) is 3.35. The van der Waals surface area contributed by atoms with Crippen LogP contribution in [0, 0.1) is 5.92 Å². The molecule has 18 heavy (non-hydrogen) atoms. The van der Waals surface area contributed by atoms with Gasteiger partial charge in [0, 0.05) is 11.1 Å². The number of nitrogens with one attached hydrogen (secondary N) is 1. The lowest BCUT2D eigenvalue weighted by Gasteiger charge is -2.14. The van der Waals surface area contributed by atoms with E-state index in [0.717, 1.165) is 25.4 Å². The maximum Gasteiger partial charge on any atom is 0.697 e. The maximum absolute atomic E-state index is 11.2. The van der Waals surface area contributed by atoms with Gasteiger partial charge in [-0.15, -0.1) is 9.05 Å². The number of hydrogen-bond donors (Lipinski definition) is 1. The first-order chi connectivity index (χ1) is 8.74. The van der Waals surface area contributed by atoms with Gasteiger partial charge in [0.15, 0.2) is 0 Å². The van der Waals surface area contributed by atoms with Gasteiger partial charge in [-0.3, -0.25) is 0 Å². The molecule has 0 saturated carbocycles. The molecule has 0 heterocycles. The Morgan fingerprint density at radius 1 is 1.11 bits per heavy atom. The zero-order chi connectivity index (χ0) is 13.6. The van der Waals surface area contributed by atoms with Crippen molar-refractivity contribution in [3.63, 3.8) is 0 Å². The largest absolute Gasteiger partial charge is 0.697 e. The van der Waals surface area contributed by atoms with Crippen LogP contribution in [0.5, 0.6) is 0 Å². The predicted molar refractivity (Wildman–Crippen MR) is 76.0 cm³/mol. The monoisotopic (exact) mass is 278 g/mol. The molecule has 4 nitrogen and oxygen atoms in total. The van der Waals surface area contributed by atoms with E-state index in [4.69, 9.17) is 9.05 Å². The average molecular weight is 278 g/mol. The highest BCUT2D eigenvalue weighted by atomic mass is 31.1. The highest BCUT2D eigenvalue weighted by Gasteiger charge is 2.18. The van der Waals surface area contributed by atoms with Crippen molar-refractivity contribution in [3.05, 3.63) is 0 Å². The number of unbranched alkanes of at least 4 members (excludes halogenated alkanes) is 1. The second-order valence-electron chi connectivity index (χ2n) is 4.51. The Balaban J connectivity index is 3.39. The third-order valence-corrected chi connectivity index (χ3v) is 3.64. The zero-order valence-corrected chi connectivity index (χ0v) is 13.0. The lowest BCUT2D eigenvalue weighted by Crippen LogP contribution is -2.25. The molecule has 0 aliphatic carbocycles. The van der Waals surface area contributed by atoms with Crippen LogP contribution in [0.2, 0.25) is 0 Å². The summed E-state index contributed by atoms with van der Waals surface area (Å²) in [7, 11) is -1.92. The van der Waals surface area contributed by atoms with Gasteiger partial charge in [-0.1, -0.05) is 40.0 Å². The normalized spacial score (nSPS) is 13.6. The Morgan fingerprint density at radius 2 is 1.83 bits per heavy atom. The zero-order valence-electron chi connectivity index (χ0n) is 12.1. The Kier molecular flexibility index (Phi) is 13.4. The van der Waals surface area contributed by atoms with Gasteiger partial charge < -0.3 is 5.32 Å². The van der Waals surface area contributed by atoms with Crippen molar-refractivity contribution in [2.75, 3.05) is 26.3 Å². The predicted octanol–water partition coefficient (Wildman–Crippen LogP) is 3.89. The fourth-order valence-electron chi connectivity index (χ4n) is 1.64. The third kappa shape index (κ3) is 11.1. The molecule has 1 N–H and O–H groups in total. The molecule has 0 fully saturated rings. The van der Waals surface area contributed by atoms with E-state index in [0.29, 0.717) is 13.2 Å². The minimum Gasteiger partial charge on any atom is -0.314 e. The van der Waals surface area contributed by atoms with Gasteiger partial charge in [0.2, 0.25) is 0 Å². The summed E-state index contributed by atoms with van der Waals surface area (Å²) in [6, 6.07) is 0. The molecule has 0 bridgehead atoms. The van der Waals surface area contributed by atoms with Gasteiger partial charge in [0.05, 0.1) is 0 Å². The molecule has 108 valence electrons. The minimum atomic E-state index is -1.92. The average Bonchev–Trinajstić information content (AvgIpc) is 2.39. The molecule has 0 amide bonds. The summed E-state index contributed by atoms with van der Waals surface area (Å²) in [4.78, 5) is 0. The standard InChI is InChI=1S/C13H29NO3P/c1-4-7-8-13(6-3)12-14-9-11-17-18(15)16-10-5-2/h13-14H,4-12H2,1-3H3/q+1. The van der Waals surface area contributed by atoms with Crippen LogP contribution in [0.15, 0.2) is 0 Å². The van der Waals surface area contributed by atoms with Crippen LogP contribution in [-0.2, 0) is 13.6 Å². The first kappa shape index (κ1) is 18.0. The van der Waals surface area contributed by atoms with Crippen molar-refractivity contribution in [1.29, 1.82) is 0 Å². The lowest BCUT2D eigenvalue weighted by molar-refractivity contribution is 0.224. The van der Waals surface area contributed by atoms with E-state index in [2.05, 4.69) is 19.2 Å². The molecule has 0 aliphatic rings. The fraction of sp³-hybridized carbons (Fsp3) is 1.00. The molecule has 0 spiro atoms. The Bertz CT molecular complexity index is 203. The van der Waals surface area contributed by atoms with Crippen LogP contribution >= 0.6 is 8.25 Å². The molecule has 0 aliphatic heterocycles. The first-order valence-electron chi connectivity index (χ1n) is 7.18. The molecule has 5 heteroatoms. The second-order valence-corrected chi connectivity index (χ2v) is 5.47. The Morgan fingerprint density at radius 3 is 2.44 bits per heavy atom. The van der Waals surface area contributed by atoms with Crippen molar-refractivity contribution >= 4 is 8.25 Å². The summed E-state index contributed by atoms with van der Waals surface area (Å²) in [6.07, 6.45) is 5.91. The van der Waals surface area contributed by atoms with E-state index in [-0.39, 0.29) is 0 Å². The van der Waals surface area contributed by atoms with Crippen molar-refractivity contribution in [2.45, 2.75) is 52.9 Å². The highest BCUT2D eigenvalue weighted by Crippen LogP contribution is 2.22. The molecule has 0 aromatic rings. The summed E-state index contributed by atoms with van der Waals surface area (Å²) < 4.78 is 21.2. The molecular formula is C13H29NO3P+. The summed E-state index contributed by atoms with van der Waals surface area (Å²) in [5.41, 5.74) is 0. The van der Waals surface area contributed by atoms with E-state index in [1.165, 1.54) is 25.7 Å². The maximum atomic E-state index is 11.2. The minimum absolute atomic E-state index is 0.448. The third-order valence-electron chi connectivity index (χ3n) is 2.85. The van der Waals surface area contributed by atoms with Crippen molar-refractivity contribution in [2.24, 2.45) is 5.92 Å². The molecule has 0 saturated heterocycles. The fourth-order valence-corrected chi connectivity index (χ4v) is 2.29. The molecule has 0 aromatic carbocycles. The van der Waals surface area contributed by atoms with Crippen LogP contribution in [0.4, 0.5) is 0 Å². The van der Waals surface area contributed by atoms with Crippen molar-refractivity contribution < 1.29 is 13.6 Å². The summed E-state index contributed by atoms with van der Waals surface area (Å²) in [6.45, 7) is 9.13. The topological polar surface area (TPSA) is 47.6 Å². The number of rotatable bonds is 13. The smallest absolute Gasteiger partial charge is 0.314 e. The molecule has 0 radical (unpaired) electrons. The van der Waals surface area contributed by atoms with E-state index in [9.17, 15) is 4.57 Å². The molecular weight excluding hydrogens is 249 g/mol. The van der Waals surface area contributed by atoms with Crippen LogP contribution in [0.3, 0.4) is 0 Å². The highest BCUT2D eigenvalue weighted by molar-refractivity contribution is 7.33. The Labute approximate surface area is 113 Å². The second kappa shape index (κ2) is 13.4. The van der Waals surface area contributed by atoms with E-state index >= 15 is 0 Å². The van der Waals surface area contributed by atoms with Gasteiger partial charge >= 0.3 is 8.25 Å². The van der Waals surface area contributed by atoms with E-state index < -0.39 is 8.25 Å². The van der Waals surface area contributed by atoms with Crippen LogP contribution in [0.1, 0.15) is 52.9 Å². The molecule has 0 aromatic heterocycles. The van der Waals surface area contributed by atoms with E-state index in [1.807, 2.05) is 6.92 Å². The van der Waals surface area contributed by atoms with E-state index in [1.54, 1.807) is 0 Å². The molecule has 0 rings (SSSR count). The quantitative estimate of drug-likeness (QED) is 0.410. The van der Waals surface area contributed by atoms with Crippen LogP contribution in [-0.4, -0.2) is 26.3 Å². The summed E-state index contributed by atoms with van der Waals surface area (Å²) >= 11 is 0. The van der Waals surface area contributed by atoms with Gasteiger partial charge in [-0.25, -0.2) is 0 Å². The molecule has 2 atom stereocenters. The van der Waals surface area contributed by atoms with Gasteiger partial charge in [0.25, 0.3) is 0 Å².